The molecule has 2 aromatic carbocycles. The van der Waals surface area contributed by atoms with Crippen LogP contribution >= 0.6 is 22.9 Å². The first-order chi connectivity index (χ1) is 15.1. The van der Waals surface area contributed by atoms with E-state index in [0.29, 0.717) is 5.91 Å². The van der Waals surface area contributed by atoms with E-state index in [2.05, 4.69) is 41.0 Å². The third-order valence-corrected chi connectivity index (χ3v) is 7.76. The number of amides is 1. The van der Waals surface area contributed by atoms with E-state index in [-0.39, 0.29) is 5.92 Å². The van der Waals surface area contributed by atoms with E-state index >= 15 is 0 Å². The number of benzene rings is 2. The molecule has 5 rings (SSSR count). The molecule has 1 amide bonds. The number of carbonyl (C=O) groups is 1. The Labute approximate surface area is 192 Å². The van der Waals surface area contributed by atoms with Gasteiger partial charge in [-0.05, 0) is 49.6 Å². The van der Waals surface area contributed by atoms with Crippen molar-refractivity contribution in [3.8, 4) is 0 Å². The number of thiazole rings is 1. The molecule has 0 spiro atoms. The monoisotopic (exact) mass is 454 g/mol. The Morgan fingerprint density at radius 3 is 2.68 bits per heavy atom. The van der Waals surface area contributed by atoms with Crippen LogP contribution in [0.3, 0.4) is 0 Å². The van der Waals surface area contributed by atoms with Crippen molar-refractivity contribution in [2.75, 3.05) is 49.1 Å². The average molecular weight is 455 g/mol. The topological polar surface area (TPSA) is 39.7 Å². The number of para-hydroxylation sites is 1. The second-order valence-corrected chi connectivity index (χ2v) is 9.93. The van der Waals surface area contributed by atoms with Crippen LogP contribution in [0.15, 0.2) is 42.5 Å². The first-order valence-corrected chi connectivity index (χ1v) is 12.2. The van der Waals surface area contributed by atoms with Gasteiger partial charge in [0.1, 0.15) is 0 Å². The molecular weight excluding hydrogens is 428 g/mol. The second kappa shape index (κ2) is 8.67. The Balaban J connectivity index is 1.23. The van der Waals surface area contributed by atoms with Gasteiger partial charge in [0.25, 0.3) is 0 Å². The van der Waals surface area contributed by atoms with E-state index in [0.717, 1.165) is 73.5 Å². The summed E-state index contributed by atoms with van der Waals surface area (Å²) in [6.07, 6.45) is 2.00. The molecule has 3 heterocycles. The fourth-order valence-corrected chi connectivity index (χ4v) is 6.00. The maximum Gasteiger partial charge on any atom is 0.227 e. The van der Waals surface area contributed by atoms with Crippen LogP contribution in [0.1, 0.15) is 18.4 Å². The zero-order valence-electron chi connectivity index (χ0n) is 17.8. The predicted molar refractivity (Wildman–Crippen MR) is 130 cm³/mol. The summed E-state index contributed by atoms with van der Waals surface area (Å²) in [5.74, 6) is 0.342. The molecule has 5 nitrogen and oxygen atoms in total. The van der Waals surface area contributed by atoms with E-state index in [9.17, 15) is 4.79 Å². The van der Waals surface area contributed by atoms with Crippen LogP contribution in [0.5, 0.6) is 0 Å². The highest BCUT2D eigenvalue weighted by Crippen LogP contribution is 2.33. The lowest BCUT2D eigenvalue weighted by atomic mass is 9.96. The SMILES string of the molecule is Cc1ccc2nc(N3CCCC(C(=O)N4CCN(c5ccccc5Cl)CC4)C3)sc2c1. The standard InChI is InChI=1S/C24H27ClN4OS/c1-17-8-9-20-22(15-17)31-24(26-20)29-10-4-5-18(16-29)23(30)28-13-11-27(12-14-28)21-7-3-2-6-19(21)25/h2-3,6-9,15,18H,4-5,10-14,16H2,1H3. The Morgan fingerprint density at radius 1 is 1.06 bits per heavy atom. The van der Waals surface area contributed by atoms with Crippen LogP contribution in [0, 0.1) is 12.8 Å². The van der Waals surface area contributed by atoms with Crippen molar-refractivity contribution in [1.82, 2.24) is 9.88 Å². The quantitative estimate of drug-likeness (QED) is 0.568. The fourth-order valence-electron chi connectivity index (χ4n) is 4.64. The lowest BCUT2D eigenvalue weighted by Gasteiger charge is -2.40. The van der Waals surface area contributed by atoms with Crippen molar-refractivity contribution in [3.05, 3.63) is 53.1 Å². The molecule has 1 aromatic heterocycles. The number of aromatic nitrogens is 1. The molecule has 2 aliphatic heterocycles. The molecule has 0 aliphatic carbocycles. The number of aryl methyl sites for hydroxylation is 1. The van der Waals surface area contributed by atoms with Crippen LogP contribution < -0.4 is 9.80 Å². The van der Waals surface area contributed by atoms with Gasteiger partial charge in [0.05, 0.1) is 26.8 Å². The predicted octanol–water partition coefficient (Wildman–Crippen LogP) is 4.82. The number of fused-ring (bicyclic) bond motifs is 1. The van der Waals surface area contributed by atoms with Gasteiger partial charge in [-0.3, -0.25) is 4.79 Å². The van der Waals surface area contributed by atoms with Crippen LogP contribution in [-0.2, 0) is 4.79 Å². The second-order valence-electron chi connectivity index (χ2n) is 8.52. The number of anilines is 2. The van der Waals surface area contributed by atoms with Crippen molar-refractivity contribution in [2.45, 2.75) is 19.8 Å². The zero-order chi connectivity index (χ0) is 21.4. The van der Waals surface area contributed by atoms with E-state index in [1.807, 2.05) is 23.1 Å². The summed E-state index contributed by atoms with van der Waals surface area (Å²) in [4.78, 5) is 24.8. The van der Waals surface area contributed by atoms with Gasteiger partial charge in [0, 0.05) is 39.3 Å². The van der Waals surface area contributed by atoms with E-state index in [1.54, 1.807) is 11.3 Å². The number of hydrogen-bond donors (Lipinski definition) is 0. The van der Waals surface area contributed by atoms with Gasteiger partial charge in [0.15, 0.2) is 5.13 Å². The number of rotatable bonds is 3. The molecule has 0 saturated carbocycles. The number of piperazine rings is 1. The van der Waals surface area contributed by atoms with Crippen LogP contribution in [0.25, 0.3) is 10.2 Å². The van der Waals surface area contributed by atoms with E-state index < -0.39 is 0 Å². The molecule has 2 fully saturated rings. The van der Waals surface area contributed by atoms with Gasteiger partial charge in [-0.25, -0.2) is 4.98 Å². The Bertz CT molecular complexity index is 1090. The fraction of sp³-hybridized carbons (Fsp3) is 0.417. The molecule has 0 N–H and O–H groups in total. The minimum Gasteiger partial charge on any atom is -0.367 e. The highest BCUT2D eigenvalue weighted by atomic mass is 35.5. The first-order valence-electron chi connectivity index (χ1n) is 11.0. The van der Waals surface area contributed by atoms with Crippen molar-refractivity contribution in [3.63, 3.8) is 0 Å². The van der Waals surface area contributed by atoms with Crippen LogP contribution in [0.2, 0.25) is 5.02 Å². The molecule has 0 bridgehead atoms. The molecule has 162 valence electrons. The number of halogens is 1. The summed E-state index contributed by atoms with van der Waals surface area (Å²) >= 11 is 8.10. The highest BCUT2D eigenvalue weighted by Gasteiger charge is 2.32. The third-order valence-electron chi connectivity index (χ3n) is 6.36. The summed E-state index contributed by atoms with van der Waals surface area (Å²) in [6, 6.07) is 14.3. The van der Waals surface area contributed by atoms with Crippen molar-refractivity contribution >= 4 is 49.9 Å². The lowest BCUT2D eigenvalue weighted by molar-refractivity contribution is -0.136. The molecule has 1 unspecified atom stereocenters. The van der Waals surface area contributed by atoms with Gasteiger partial charge in [-0.15, -0.1) is 0 Å². The van der Waals surface area contributed by atoms with Crippen molar-refractivity contribution < 1.29 is 4.79 Å². The molecule has 2 aliphatic rings. The lowest BCUT2D eigenvalue weighted by Crippen LogP contribution is -2.52. The Morgan fingerprint density at radius 2 is 1.87 bits per heavy atom. The molecule has 7 heteroatoms. The first kappa shape index (κ1) is 20.6. The number of hydrogen-bond acceptors (Lipinski definition) is 5. The van der Waals surface area contributed by atoms with E-state index in [4.69, 9.17) is 16.6 Å². The van der Waals surface area contributed by atoms with Gasteiger partial charge >= 0.3 is 0 Å². The van der Waals surface area contributed by atoms with Gasteiger partial charge in [0.2, 0.25) is 5.91 Å². The largest absolute Gasteiger partial charge is 0.367 e. The Kier molecular flexibility index (Phi) is 5.76. The zero-order valence-corrected chi connectivity index (χ0v) is 19.3. The molecule has 3 aromatic rings. The maximum atomic E-state index is 13.3. The smallest absolute Gasteiger partial charge is 0.227 e. The Hall–Kier alpha value is -2.31. The van der Waals surface area contributed by atoms with Crippen LogP contribution in [0.4, 0.5) is 10.8 Å². The summed E-state index contributed by atoms with van der Waals surface area (Å²) in [5, 5.41) is 1.82. The summed E-state index contributed by atoms with van der Waals surface area (Å²) in [7, 11) is 0. The molecule has 1 atom stereocenters. The van der Waals surface area contributed by atoms with Crippen molar-refractivity contribution in [2.24, 2.45) is 5.92 Å². The summed E-state index contributed by atoms with van der Waals surface area (Å²) in [5.41, 5.74) is 3.37. The number of nitrogens with zero attached hydrogens (tertiary/aromatic N) is 4. The van der Waals surface area contributed by atoms with E-state index in [1.165, 1.54) is 10.3 Å². The van der Waals surface area contributed by atoms with Crippen LogP contribution in [-0.4, -0.2) is 55.1 Å². The minimum atomic E-state index is 0.0503. The maximum absolute atomic E-state index is 13.3. The van der Waals surface area contributed by atoms with Gasteiger partial charge < -0.3 is 14.7 Å². The normalized spacial score (nSPS) is 19.8. The summed E-state index contributed by atoms with van der Waals surface area (Å²) < 4.78 is 1.22. The van der Waals surface area contributed by atoms with Crippen molar-refractivity contribution in [1.29, 1.82) is 0 Å². The van der Waals surface area contributed by atoms with Gasteiger partial charge in [-0.2, -0.15) is 0 Å². The molecule has 0 radical (unpaired) electrons. The minimum absolute atomic E-state index is 0.0503. The number of carbonyl (C=O) groups excluding carboxylic acids is 1. The highest BCUT2D eigenvalue weighted by molar-refractivity contribution is 7.22. The third kappa shape index (κ3) is 4.23. The summed E-state index contributed by atoms with van der Waals surface area (Å²) in [6.45, 7) is 7.00. The molecule has 31 heavy (non-hydrogen) atoms. The molecular formula is C24H27ClN4OS. The van der Waals surface area contributed by atoms with Gasteiger partial charge in [-0.1, -0.05) is 41.1 Å². The number of piperidine rings is 1. The average Bonchev–Trinajstić information content (AvgIpc) is 3.22. The molecule has 2 saturated heterocycles.